The number of aryl methyl sites for hydroxylation is 2. The Bertz CT molecular complexity index is 1750. The first-order valence-electron chi connectivity index (χ1n) is 18.5. The molecule has 2 heterocycles. The number of hydrogen-bond acceptors (Lipinski definition) is 9. The molecule has 0 saturated carbocycles. The number of aliphatic hydroxyl groups is 1. The van der Waals surface area contributed by atoms with Crippen molar-refractivity contribution in [1.29, 1.82) is 0 Å². The molecule has 1 saturated heterocycles. The number of nitrogens with two attached hydrogens (primary N) is 2. The van der Waals surface area contributed by atoms with Crippen LogP contribution < -0.4 is 22.1 Å². The summed E-state index contributed by atoms with van der Waals surface area (Å²) in [6.07, 6.45) is 1.25. The van der Waals surface area contributed by atoms with Gasteiger partial charge in [0.25, 0.3) is 0 Å². The number of halogens is 2. The van der Waals surface area contributed by atoms with Crippen LogP contribution in [-0.2, 0) is 43.5 Å². The van der Waals surface area contributed by atoms with Gasteiger partial charge in [0.05, 0.1) is 34.9 Å². The Labute approximate surface area is 333 Å². The smallest absolute Gasteiger partial charge is 0.246 e. The number of ether oxygens (including phenoxy) is 1. The summed E-state index contributed by atoms with van der Waals surface area (Å²) < 4.78 is 20.5. The first kappa shape index (κ1) is 45.4. The number of amides is 4. The van der Waals surface area contributed by atoms with Gasteiger partial charge in [-0.15, -0.1) is 23.7 Å². The second-order valence-electron chi connectivity index (χ2n) is 15.3. The van der Waals surface area contributed by atoms with Gasteiger partial charge in [0.1, 0.15) is 17.9 Å². The number of thiazole rings is 1. The number of carbonyl (C=O) groups is 4. The summed E-state index contributed by atoms with van der Waals surface area (Å²) in [5.41, 5.74) is 16.4. The van der Waals surface area contributed by atoms with Gasteiger partial charge in [0, 0.05) is 44.0 Å². The first-order chi connectivity index (χ1) is 25.5. The third-order valence-corrected chi connectivity index (χ3v) is 10.8. The number of unbranched alkanes of at least 4 members (excludes halogenated alkanes) is 1. The molecular weight excluding hydrogens is 747 g/mol. The number of aromatic nitrogens is 1. The number of primary amides is 1. The Morgan fingerprint density at radius 3 is 2.40 bits per heavy atom. The Morgan fingerprint density at radius 1 is 1.09 bits per heavy atom. The monoisotopic (exact) mass is 802 g/mol. The number of β-amino-alcohol motifs (C(OH)–C–C–N with tert-alkyl or cyclic N) is 1. The van der Waals surface area contributed by atoms with E-state index in [1.54, 1.807) is 24.3 Å². The number of carbonyl (C=O) groups excluding carboxylic acids is 4. The van der Waals surface area contributed by atoms with E-state index >= 15 is 0 Å². The molecule has 55 heavy (non-hydrogen) atoms. The van der Waals surface area contributed by atoms with E-state index in [0.717, 1.165) is 27.3 Å². The highest BCUT2D eigenvalue weighted by Crippen LogP contribution is 2.28. The number of rotatable bonds is 18. The van der Waals surface area contributed by atoms with E-state index in [1.165, 1.54) is 11.0 Å². The molecule has 4 rings (SSSR count). The minimum absolute atomic E-state index is 0. The van der Waals surface area contributed by atoms with Gasteiger partial charge in [0.2, 0.25) is 23.6 Å². The van der Waals surface area contributed by atoms with Crippen molar-refractivity contribution in [3.05, 3.63) is 76.2 Å². The fourth-order valence-corrected chi connectivity index (χ4v) is 7.19. The fourth-order valence-electron chi connectivity index (χ4n) is 6.38. The molecule has 0 spiro atoms. The lowest BCUT2D eigenvalue weighted by Crippen LogP contribution is -2.57. The Kier molecular flexibility index (Phi) is 17.2. The van der Waals surface area contributed by atoms with E-state index in [-0.39, 0.29) is 69.3 Å². The normalized spacial score (nSPS) is 17.2. The zero-order valence-electron chi connectivity index (χ0n) is 32.3. The Hall–Kier alpha value is -3.95. The van der Waals surface area contributed by atoms with E-state index in [4.69, 9.17) is 16.2 Å². The van der Waals surface area contributed by atoms with Gasteiger partial charge in [-0.3, -0.25) is 19.2 Å². The molecule has 1 aliphatic rings. The van der Waals surface area contributed by atoms with E-state index in [9.17, 15) is 28.7 Å². The predicted octanol–water partition coefficient (Wildman–Crippen LogP) is 4.70. The number of aliphatic hydroxyl groups excluding tert-OH is 1. The quantitative estimate of drug-likeness (QED) is 0.114. The molecule has 0 aliphatic carbocycles. The van der Waals surface area contributed by atoms with Crippen LogP contribution in [0.4, 0.5) is 4.39 Å². The van der Waals surface area contributed by atoms with Crippen LogP contribution in [0.25, 0.3) is 10.4 Å². The molecule has 7 N–H and O–H groups in total. The Morgan fingerprint density at radius 2 is 1.78 bits per heavy atom. The highest BCUT2D eigenvalue weighted by Gasteiger charge is 2.44. The zero-order chi connectivity index (χ0) is 39.6. The molecule has 4 amide bonds. The predicted molar refractivity (Wildman–Crippen MR) is 214 cm³/mol. The summed E-state index contributed by atoms with van der Waals surface area (Å²) in [6, 6.07) is 10.6. The summed E-state index contributed by atoms with van der Waals surface area (Å²) in [4.78, 5) is 58.2. The number of nitrogens with one attached hydrogen (secondary N) is 2. The highest BCUT2D eigenvalue weighted by molar-refractivity contribution is 7.13. The van der Waals surface area contributed by atoms with Gasteiger partial charge in [-0.25, -0.2) is 9.37 Å². The van der Waals surface area contributed by atoms with Crippen molar-refractivity contribution in [2.45, 2.75) is 123 Å². The minimum atomic E-state index is -0.919. The summed E-state index contributed by atoms with van der Waals surface area (Å²) in [7, 11) is 0. The molecular formula is C40H56ClFN6O6S. The van der Waals surface area contributed by atoms with Crippen molar-refractivity contribution < 1.29 is 33.4 Å². The topological polar surface area (TPSA) is 190 Å². The Balaban J connectivity index is 0.00000812. The average Bonchev–Trinajstić information content (AvgIpc) is 3.74. The fraction of sp³-hybridized carbons (Fsp3) is 0.525. The van der Waals surface area contributed by atoms with Crippen LogP contribution in [0.2, 0.25) is 0 Å². The van der Waals surface area contributed by atoms with Crippen LogP contribution >= 0.6 is 23.7 Å². The van der Waals surface area contributed by atoms with E-state index in [2.05, 4.69) is 15.6 Å². The molecule has 15 heteroatoms. The van der Waals surface area contributed by atoms with Crippen LogP contribution in [0.15, 0.2) is 48.0 Å². The van der Waals surface area contributed by atoms with Crippen LogP contribution in [0, 0.1) is 18.2 Å². The second kappa shape index (κ2) is 20.8. The molecule has 12 nitrogen and oxygen atoms in total. The molecule has 0 radical (unpaired) electrons. The van der Waals surface area contributed by atoms with Crippen molar-refractivity contribution in [2.75, 3.05) is 6.54 Å². The number of nitrogens with zero attached hydrogens (tertiary/aromatic N) is 2. The molecule has 1 aliphatic heterocycles. The second-order valence-corrected chi connectivity index (χ2v) is 16.1. The van der Waals surface area contributed by atoms with E-state index < -0.39 is 47.3 Å². The van der Waals surface area contributed by atoms with Crippen molar-refractivity contribution in [3.63, 3.8) is 0 Å². The first-order valence-corrected chi connectivity index (χ1v) is 19.4. The largest absolute Gasteiger partial charge is 0.391 e. The molecule has 0 unspecified atom stereocenters. The van der Waals surface area contributed by atoms with Gasteiger partial charge in [0.15, 0.2) is 0 Å². The van der Waals surface area contributed by atoms with Crippen LogP contribution in [0.1, 0.15) is 88.6 Å². The lowest BCUT2D eigenvalue weighted by atomic mass is 9.85. The van der Waals surface area contributed by atoms with Gasteiger partial charge < -0.3 is 36.8 Å². The summed E-state index contributed by atoms with van der Waals surface area (Å²) >= 11 is 1.57. The van der Waals surface area contributed by atoms with Crippen LogP contribution in [-0.4, -0.2) is 75.5 Å². The van der Waals surface area contributed by atoms with Crippen molar-refractivity contribution in [1.82, 2.24) is 20.5 Å². The number of benzene rings is 2. The lowest BCUT2D eigenvalue weighted by Gasteiger charge is -2.35. The van der Waals surface area contributed by atoms with Gasteiger partial charge in [-0.1, -0.05) is 57.2 Å². The number of likely N-dealkylation sites (tertiary alicyclic amines) is 1. The van der Waals surface area contributed by atoms with Crippen molar-refractivity contribution >= 4 is 47.4 Å². The summed E-state index contributed by atoms with van der Waals surface area (Å²) in [5, 5.41) is 16.3. The standard InChI is InChI=1S/C40H55FN6O6S.ClH/c1-24-36(54-23-45-24)28-13-11-27(12-14-28)20-44-38(51)33-19-30(48)21-47(33)39(52)37(40(3,4)5)46-35(50)9-7-6-8-26-10-15-29(31(41)18-26)22-53-25(2)32(42)16-17-34(43)49;/h10-15,18,23,25,30,32-33,37,48H,6-9,16-17,19-22,42H2,1-5H3,(H2,43,49)(H,44,51)(H,46,50);1H/t25-,30-,32+,33+,37-;/m1./s1. The van der Waals surface area contributed by atoms with Crippen LogP contribution in [0.5, 0.6) is 0 Å². The molecule has 0 bridgehead atoms. The zero-order valence-corrected chi connectivity index (χ0v) is 33.9. The summed E-state index contributed by atoms with van der Waals surface area (Å²) in [6.45, 7) is 9.56. The van der Waals surface area contributed by atoms with E-state index in [1.807, 2.05) is 63.5 Å². The SMILES string of the molecule is Cc1ncsc1-c1ccc(CNC(=O)[C@@H]2C[C@@H](O)CN2C(=O)[C@@H](NC(=O)CCCCc2ccc(CO[C@H](C)[C@@H](N)CCC(N)=O)c(F)c2)C(C)(C)C)cc1.Cl. The molecule has 1 fully saturated rings. The molecule has 302 valence electrons. The van der Waals surface area contributed by atoms with Crippen LogP contribution in [0.3, 0.4) is 0 Å². The molecule has 3 aromatic rings. The lowest BCUT2D eigenvalue weighted by molar-refractivity contribution is -0.144. The van der Waals surface area contributed by atoms with E-state index in [0.29, 0.717) is 31.2 Å². The van der Waals surface area contributed by atoms with Gasteiger partial charge in [-0.2, -0.15) is 0 Å². The average molecular weight is 803 g/mol. The molecule has 2 aromatic carbocycles. The van der Waals surface area contributed by atoms with Gasteiger partial charge >= 0.3 is 0 Å². The third-order valence-electron chi connectivity index (χ3n) is 9.78. The maximum Gasteiger partial charge on any atom is 0.246 e. The van der Waals surface area contributed by atoms with Crippen molar-refractivity contribution in [3.8, 4) is 10.4 Å². The minimum Gasteiger partial charge on any atom is -0.391 e. The summed E-state index contributed by atoms with van der Waals surface area (Å²) in [5.74, 6) is -1.92. The maximum atomic E-state index is 14.8. The highest BCUT2D eigenvalue weighted by atomic mass is 35.5. The van der Waals surface area contributed by atoms with Gasteiger partial charge in [-0.05, 0) is 67.7 Å². The third kappa shape index (κ3) is 13.3. The van der Waals surface area contributed by atoms with Crippen molar-refractivity contribution in [2.24, 2.45) is 16.9 Å². The number of hydrogen-bond donors (Lipinski definition) is 5. The molecule has 5 atom stereocenters. The molecule has 1 aromatic heterocycles. The maximum absolute atomic E-state index is 14.8.